The number of anilines is 3. The van der Waals surface area contributed by atoms with Crippen molar-refractivity contribution in [3.63, 3.8) is 0 Å². The van der Waals surface area contributed by atoms with Gasteiger partial charge in [-0.25, -0.2) is 9.37 Å². The minimum Gasteiger partial charge on any atom is -0.368 e. The second kappa shape index (κ2) is 7.78. The van der Waals surface area contributed by atoms with Crippen LogP contribution in [0, 0.1) is 17.1 Å². The van der Waals surface area contributed by atoms with Gasteiger partial charge in [-0.1, -0.05) is 0 Å². The molecule has 140 valence electrons. The highest BCUT2D eigenvalue weighted by Gasteiger charge is 2.21. The summed E-state index contributed by atoms with van der Waals surface area (Å²) in [6.07, 6.45) is 5.53. The normalized spacial score (nSPS) is 17.7. The van der Waals surface area contributed by atoms with Crippen LogP contribution >= 0.6 is 0 Å². The number of halogens is 1. The molecule has 0 unspecified atom stereocenters. The molecule has 4 rings (SSSR count). The van der Waals surface area contributed by atoms with E-state index in [2.05, 4.69) is 19.7 Å². The molecule has 0 radical (unpaired) electrons. The first kappa shape index (κ1) is 17.5. The first-order valence-corrected chi connectivity index (χ1v) is 9.52. The van der Waals surface area contributed by atoms with E-state index in [4.69, 9.17) is 10.2 Å². The second-order valence-electron chi connectivity index (χ2n) is 7.01. The van der Waals surface area contributed by atoms with E-state index >= 15 is 0 Å². The number of aromatic nitrogens is 2. The maximum atomic E-state index is 13.9. The average molecular weight is 366 g/mol. The highest BCUT2D eigenvalue weighted by molar-refractivity contribution is 5.53. The molecule has 2 fully saturated rings. The van der Waals surface area contributed by atoms with Crippen LogP contribution in [-0.4, -0.2) is 49.2 Å². The Kier molecular flexibility index (Phi) is 5.05. The lowest BCUT2D eigenvalue weighted by atomic mass is 10.1. The standard InChI is InChI=1S/C20H23FN6/c21-18-14-17(5-4-16(18)15-22)25-10-12-26(13-11-25)19-6-7-23-20(24-19)27-8-2-1-3-9-27/h4-7,14H,1-3,8-13H2. The number of piperidine rings is 1. The number of nitriles is 1. The number of benzene rings is 1. The summed E-state index contributed by atoms with van der Waals surface area (Å²) in [5.41, 5.74) is 0.909. The minimum atomic E-state index is -0.459. The third-order valence-electron chi connectivity index (χ3n) is 5.31. The summed E-state index contributed by atoms with van der Waals surface area (Å²) >= 11 is 0. The Morgan fingerprint density at radius 2 is 1.63 bits per heavy atom. The number of nitrogens with zero attached hydrogens (tertiary/aromatic N) is 6. The van der Waals surface area contributed by atoms with Crippen molar-refractivity contribution < 1.29 is 4.39 Å². The van der Waals surface area contributed by atoms with Gasteiger partial charge in [0.05, 0.1) is 5.56 Å². The minimum absolute atomic E-state index is 0.0867. The van der Waals surface area contributed by atoms with Crippen LogP contribution in [0.1, 0.15) is 24.8 Å². The van der Waals surface area contributed by atoms with Crippen molar-refractivity contribution in [3.8, 4) is 6.07 Å². The van der Waals surface area contributed by atoms with Crippen LogP contribution in [0.2, 0.25) is 0 Å². The zero-order valence-electron chi connectivity index (χ0n) is 15.3. The van der Waals surface area contributed by atoms with Gasteiger partial charge in [-0.2, -0.15) is 10.2 Å². The molecule has 0 spiro atoms. The van der Waals surface area contributed by atoms with Crippen molar-refractivity contribution in [1.29, 1.82) is 5.26 Å². The smallest absolute Gasteiger partial charge is 0.227 e. The number of hydrogen-bond acceptors (Lipinski definition) is 6. The maximum Gasteiger partial charge on any atom is 0.227 e. The van der Waals surface area contributed by atoms with Crippen molar-refractivity contribution in [2.75, 3.05) is 54.0 Å². The molecule has 0 saturated carbocycles. The molecule has 3 heterocycles. The number of rotatable bonds is 3. The molecule has 2 aliphatic heterocycles. The van der Waals surface area contributed by atoms with Crippen LogP contribution in [-0.2, 0) is 0 Å². The molecule has 2 aromatic rings. The van der Waals surface area contributed by atoms with Crippen molar-refractivity contribution in [2.45, 2.75) is 19.3 Å². The summed E-state index contributed by atoms with van der Waals surface area (Å²) in [5.74, 6) is 1.32. The summed E-state index contributed by atoms with van der Waals surface area (Å²) in [5, 5.41) is 8.87. The van der Waals surface area contributed by atoms with Crippen molar-refractivity contribution >= 4 is 17.5 Å². The van der Waals surface area contributed by atoms with Crippen molar-refractivity contribution in [3.05, 3.63) is 41.8 Å². The maximum absolute atomic E-state index is 13.9. The molecule has 0 aliphatic carbocycles. The summed E-state index contributed by atoms with van der Waals surface area (Å²) in [7, 11) is 0. The SMILES string of the molecule is N#Cc1ccc(N2CCN(c3ccnc(N4CCCCC4)n3)CC2)cc1F. The molecule has 7 heteroatoms. The van der Waals surface area contributed by atoms with Crippen LogP contribution in [0.3, 0.4) is 0 Å². The highest BCUT2D eigenvalue weighted by atomic mass is 19.1. The van der Waals surface area contributed by atoms with Crippen LogP contribution < -0.4 is 14.7 Å². The number of piperazine rings is 1. The largest absolute Gasteiger partial charge is 0.368 e. The lowest BCUT2D eigenvalue weighted by Crippen LogP contribution is -2.47. The zero-order valence-corrected chi connectivity index (χ0v) is 15.3. The fourth-order valence-electron chi connectivity index (χ4n) is 3.75. The van der Waals surface area contributed by atoms with Gasteiger partial charge in [-0.15, -0.1) is 0 Å². The fourth-order valence-corrected chi connectivity index (χ4v) is 3.75. The lowest BCUT2D eigenvalue weighted by molar-refractivity contribution is 0.567. The van der Waals surface area contributed by atoms with E-state index in [0.29, 0.717) is 0 Å². The van der Waals surface area contributed by atoms with Crippen LogP contribution in [0.15, 0.2) is 30.5 Å². The average Bonchev–Trinajstić information content (AvgIpc) is 2.74. The van der Waals surface area contributed by atoms with E-state index in [0.717, 1.165) is 56.7 Å². The van der Waals surface area contributed by atoms with Gasteiger partial charge in [0.25, 0.3) is 0 Å². The van der Waals surface area contributed by atoms with Crippen LogP contribution in [0.5, 0.6) is 0 Å². The molecular formula is C20H23FN6. The molecule has 27 heavy (non-hydrogen) atoms. The Morgan fingerprint density at radius 1 is 0.889 bits per heavy atom. The Hall–Kier alpha value is -2.88. The van der Waals surface area contributed by atoms with Gasteiger partial charge < -0.3 is 14.7 Å². The fraction of sp³-hybridized carbons (Fsp3) is 0.450. The quantitative estimate of drug-likeness (QED) is 0.833. The van der Waals surface area contributed by atoms with Gasteiger partial charge in [-0.3, -0.25) is 0 Å². The summed E-state index contributed by atoms with van der Waals surface area (Å²) in [6.45, 7) is 5.27. The summed E-state index contributed by atoms with van der Waals surface area (Å²) < 4.78 is 13.9. The van der Waals surface area contributed by atoms with E-state index in [1.807, 2.05) is 24.4 Å². The monoisotopic (exact) mass is 366 g/mol. The van der Waals surface area contributed by atoms with Gasteiger partial charge in [0.1, 0.15) is 17.7 Å². The van der Waals surface area contributed by atoms with E-state index < -0.39 is 5.82 Å². The van der Waals surface area contributed by atoms with Gasteiger partial charge in [0.2, 0.25) is 5.95 Å². The predicted molar refractivity (Wildman–Crippen MR) is 104 cm³/mol. The van der Waals surface area contributed by atoms with E-state index in [9.17, 15) is 4.39 Å². The first-order valence-electron chi connectivity index (χ1n) is 9.52. The van der Waals surface area contributed by atoms with Gasteiger partial charge in [-0.05, 0) is 43.5 Å². The topological polar surface area (TPSA) is 59.3 Å². The molecule has 2 aliphatic rings. The second-order valence-corrected chi connectivity index (χ2v) is 7.01. The number of hydrogen-bond donors (Lipinski definition) is 0. The molecule has 0 atom stereocenters. The van der Waals surface area contributed by atoms with E-state index in [-0.39, 0.29) is 5.56 Å². The molecule has 0 amide bonds. The summed E-state index contributed by atoms with van der Waals surface area (Å²) in [4.78, 5) is 15.9. The Balaban J connectivity index is 1.42. The molecular weight excluding hydrogens is 343 g/mol. The van der Waals surface area contributed by atoms with Crippen LogP contribution in [0.25, 0.3) is 0 Å². The predicted octanol–water partition coefficient (Wildman–Crippen LogP) is 2.80. The third kappa shape index (κ3) is 3.80. The Labute approximate surface area is 158 Å². The van der Waals surface area contributed by atoms with Gasteiger partial charge in [0, 0.05) is 51.2 Å². The van der Waals surface area contributed by atoms with Crippen molar-refractivity contribution in [1.82, 2.24) is 9.97 Å². The Bertz CT molecular complexity index is 835. The lowest BCUT2D eigenvalue weighted by Gasteiger charge is -2.37. The van der Waals surface area contributed by atoms with Gasteiger partial charge >= 0.3 is 0 Å². The summed E-state index contributed by atoms with van der Waals surface area (Å²) in [6, 6.07) is 8.64. The molecule has 0 N–H and O–H groups in total. The molecule has 0 bridgehead atoms. The third-order valence-corrected chi connectivity index (χ3v) is 5.31. The Morgan fingerprint density at radius 3 is 2.33 bits per heavy atom. The molecule has 1 aromatic carbocycles. The molecule has 1 aromatic heterocycles. The highest BCUT2D eigenvalue weighted by Crippen LogP contribution is 2.23. The molecule has 6 nitrogen and oxygen atoms in total. The zero-order chi connectivity index (χ0) is 18.6. The van der Waals surface area contributed by atoms with Crippen molar-refractivity contribution in [2.24, 2.45) is 0 Å². The first-order chi connectivity index (χ1) is 13.2. The molecule has 2 saturated heterocycles. The van der Waals surface area contributed by atoms with Crippen LogP contribution in [0.4, 0.5) is 21.8 Å². The van der Waals surface area contributed by atoms with E-state index in [1.54, 1.807) is 6.07 Å². The van der Waals surface area contributed by atoms with Gasteiger partial charge in [0.15, 0.2) is 0 Å². The van der Waals surface area contributed by atoms with E-state index in [1.165, 1.54) is 25.3 Å².